The quantitative estimate of drug-likeness (QED) is 0.834. The van der Waals surface area contributed by atoms with Gasteiger partial charge < -0.3 is 10.0 Å². The maximum absolute atomic E-state index is 9.13. The van der Waals surface area contributed by atoms with E-state index in [2.05, 4.69) is 47.4 Å². The summed E-state index contributed by atoms with van der Waals surface area (Å²) in [5, 5.41) is 9.13. The molecule has 3 nitrogen and oxygen atoms in total. The molecule has 1 aromatic carbocycles. The molecule has 0 bridgehead atoms. The molecule has 1 atom stereocenters. The molecule has 1 fully saturated rings. The highest BCUT2D eigenvalue weighted by Crippen LogP contribution is 2.18. The number of hydrogen-bond acceptors (Lipinski definition) is 4. The molecule has 0 amide bonds. The zero-order chi connectivity index (χ0) is 13.7. The van der Waals surface area contributed by atoms with Crippen LogP contribution in [0.5, 0.6) is 0 Å². The maximum Gasteiger partial charge on any atom is 0.0446 e. The molecule has 19 heavy (non-hydrogen) atoms. The summed E-state index contributed by atoms with van der Waals surface area (Å²) in [5.41, 5.74) is 1.39. The van der Waals surface area contributed by atoms with Crippen LogP contribution in [0.1, 0.15) is 12.0 Å². The predicted octanol–water partition coefficient (Wildman–Crippen LogP) is 1.91. The third kappa shape index (κ3) is 4.21. The smallest absolute Gasteiger partial charge is 0.0446 e. The summed E-state index contributed by atoms with van der Waals surface area (Å²) in [6.45, 7) is 4.56. The molecule has 1 aliphatic heterocycles. The SMILES string of the molecule is CSc1cccc(CN2CCN(C)[C@H](CCO)C2)c1. The van der Waals surface area contributed by atoms with Gasteiger partial charge in [0.1, 0.15) is 0 Å². The topological polar surface area (TPSA) is 26.7 Å². The standard InChI is InChI=1S/C15H24N2OS/c1-16-7-8-17(12-14(16)6-9-18)11-13-4-3-5-15(10-13)19-2/h3-5,10,14,18H,6-9,11-12H2,1-2H3/t14-/m1/s1. The van der Waals surface area contributed by atoms with E-state index >= 15 is 0 Å². The van der Waals surface area contributed by atoms with Crippen LogP contribution in [0.4, 0.5) is 0 Å². The predicted molar refractivity (Wildman–Crippen MR) is 81.6 cm³/mol. The summed E-state index contributed by atoms with van der Waals surface area (Å²) in [4.78, 5) is 6.20. The molecule has 4 heteroatoms. The second-order valence-electron chi connectivity index (χ2n) is 5.23. The fourth-order valence-corrected chi connectivity index (χ4v) is 3.13. The van der Waals surface area contributed by atoms with Crippen molar-refractivity contribution in [2.75, 3.05) is 39.5 Å². The second-order valence-corrected chi connectivity index (χ2v) is 6.11. The number of aliphatic hydroxyl groups excluding tert-OH is 1. The van der Waals surface area contributed by atoms with Gasteiger partial charge in [0.25, 0.3) is 0 Å². The lowest BCUT2D eigenvalue weighted by molar-refractivity contribution is 0.0743. The lowest BCUT2D eigenvalue weighted by Gasteiger charge is -2.39. The molecule has 0 unspecified atom stereocenters. The number of piperazine rings is 1. The van der Waals surface area contributed by atoms with Crippen molar-refractivity contribution in [1.29, 1.82) is 0 Å². The van der Waals surface area contributed by atoms with Crippen LogP contribution in [-0.2, 0) is 6.54 Å². The van der Waals surface area contributed by atoms with Crippen molar-refractivity contribution in [3.05, 3.63) is 29.8 Å². The Morgan fingerprint density at radius 3 is 2.95 bits per heavy atom. The van der Waals surface area contributed by atoms with Crippen molar-refractivity contribution in [3.8, 4) is 0 Å². The van der Waals surface area contributed by atoms with Gasteiger partial charge in [-0.1, -0.05) is 12.1 Å². The average Bonchev–Trinajstić information content (AvgIpc) is 2.43. The van der Waals surface area contributed by atoms with Crippen LogP contribution in [0.25, 0.3) is 0 Å². The summed E-state index contributed by atoms with van der Waals surface area (Å²) >= 11 is 1.79. The Morgan fingerprint density at radius 1 is 1.37 bits per heavy atom. The zero-order valence-electron chi connectivity index (χ0n) is 11.9. The van der Waals surface area contributed by atoms with E-state index in [9.17, 15) is 0 Å². The van der Waals surface area contributed by atoms with Crippen molar-refractivity contribution in [2.45, 2.75) is 23.9 Å². The first kappa shape index (κ1) is 14.9. The van der Waals surface area contributed by atoms with Gasteiger partial charge in [0.05, 0.1) is 0 Å². The largest absolute Gasteiger partial charge is 0.396 e. The minimum Gasteiger partial charge on any atom is -0.396 e. The Bertz CT molecular complexity index is 399. The van der Waals surface area contributed by atoms with Crippen LogP contribution in [0, 0.1) is 0 Å². The lowest BCUT2D eigenvalue weighted by Crippen LogP contribution is -2.51. The van der Waals surface area contributed by atoms with Gasteiger partial charge in [-0.3, -0.25) is 4.90 Å². The van der Waals surface area contributed by atoms with Crippen LogP contribution in [-0.4, -0.2) is 60.5 Å². The lowest BCUT2D eigenvalue weighted by atomic mass is 10.1. The van der Waals surface area contributed by atoms with E-state index in [-0.39, 0.29) is 6.61 Å². The molecule has 1 saturated heterocycles. The van der Waals surface area contributed by atoms with Crippen molar-refractivity contribution in [2.24, 2.45) is 0 Å². The Morgan fingerprint density at radius 2 is 2.21 bits per heavy atom. The number of likely N-dealkylation sites (N-methyl/N-ethyl adjacent to an activating group) is 1. The fraction of sp³-hybridized carbons (Fsp3) is 0.600. The number of nitrogens with zero attached hydrogens (tertiary/aromatic N) is 2. The molecule has 1 heterocycles. The van der Waals surface area contributed by atoms with Gasteiger partial charge >= 0.3 is 0 Å². The van der Waals surface area contributed by atoms with E-state index in [0.29, 0.717) is 6.04 Å². The Kier molecular flexibility index (Phi) is 5.70. The Balaban J connectivity index is 1.95. The van der Waals surface area contributed by atoms with Crippen LogP contribution in [0.15, 0.2) is 29.2 Å². The maximum atomic E-state index is 9.13. The van der Waals surface area contributed by atoms with Crippen LogP contribution >= 0.6 is 11.8 Å². The number of benzene rings is 1. The van der Waals surface area contributed by atoms with Gasteiger partial charge in [-0.15, -0.1) is 11.8 Å². The van der Waals surface area contributed by atoms with E-state index in [1.807, 2.05) is 0 Å². The summed E-state index contributed by atoms with van der Waals surface area (Å²) in [5.74, 6) is 0. The minimum absolute atomic E-state index is 0.283. The third-order valence-corrected chi connectivity index (χ3v) is 4.59. The molecule has 1 aromatic rings. The van der Waals surface area contributed by atoms with Crippen molar-refractivity contribution in [3.63, 3.8) is 0 Å². The molecule has 1 aliphatic rings. The highest BCUT2D eigenvalue weighted by Gasteiger charge is 2.23. The van der Waals surface area contributed by atoms with Crippen molar-refractivity contribution < 1.29 is 5.11 Å². The van der Waals surface area contributed by atoms with Gasteiger partial charge in [-0.05, 0) is 37.4 Å². The molecule has 0 saturated carbocycles. The Labute approximate surface area is 120 Å². The number of thioether (sulfide) groups is 1. The van der Waals surface area contributed by atoms with E-state index < -0.39 is 0 Å². The first-order valence-corrected chi connectivity index (χ1v) is 8.12. The molecule has 0 spiro atoms. The molecule has 0 aliphatic carbocycles. The monoisotopic (exact) mass is 280 g/mol. The van der Waals surface area contributed by atoms with Crippen molar-refractivity contribution in [1.82, 2.24) is 9.80 Å². The fourth-order valence-electron chi connectivity index (χ4n) is 2.64. The number of rotatable bonds is 5. The van der Waals surface area contributed by atoms with Gasteiger partial charge in [-0.2, -0.15) is 0 Å². The third-order valence-electron chi connectivity index (χ3n) is 3.86. The van der Waals surface area contributed by atoms with E-state index in [0.717, 1.165) is 32.6 Å². The summed E-state index contributed by atoms with van der Waals surface area (Å²) in [7, 11) is 2.16. The zero-order valence-corrected chi connectivity index (χ0v) is 12.7. The molecule has 2 rings (SSSR count). The molecular formula is C15H24N2OS. The van der Waals surface area contributed by atoms with Crippen molar-refractivity contribution >= 4 is 11.8 Å². The summed E-state index contributed by atoms with van der Waals surface area (Å²) < 4.78 is 0. The number of hydrogen-bond donors (Lipinski definition) is 1. The molecule has 1 N–H and O–H groups in total. The Hall–Kier alpha value is -0.550. The van der Waals surface area contributed by atoms with Gasteiger partial charge in [0, 0.05) is 43.7 Å². The first-order chi connectivity index (χ1) is 9.22. The normalized spacial score (nSPS) is 21.7. The highest BCUT2D eigenvalue weighted by molar-refractivity contribution is 7.98. The summed E-state index contributed by atoms with van der Waals surface area (Å²) in [6, 6.07) is 9.28. The van der Waals surface area contributed by atoms with Gasteiger partial charge in [0.2, 0.25) is 0 Å². The summed E-state index contributed by atoms with van der Waals surface area (Å²) in [6.07, 6.45) is 2.99. The van der Waals surface area contributed by atoms with Crippen LogP contribution in [0.2, 0.25) is 0 Å². The molecule has 106 valence electrons. The van der Waals surface area contributed by atoms with E-state index in [4.69, 9.17) is 5.11 Å². The molecule has 0 aromatic heterocycles. The van der Waals surface area contributed by atoms with Crippen LogP contribution < -0.4 is 0 Å². The molecule has 0 radical (unpaired) electrons. The average molecular weight is 280 g/mol. The highest BCUT2D eigenvalue weighted by atomic mass is 32.2. The number of aliphatic hydroxyl groups is 1. The second kappa shape index (κ2) is 7.29. The van der Waals surface area contributed by atoms with E-state index in [1.165, 1.54) is 10.5 Å². The first-order valence-electron chi connectivity index (χ1n) is 6.89. The van der Waals surface area contributed by atoms with E-state index in [1.54, 1.807) is 11.8 Å². The van der Waals surface area contributed by atoms with Gasteiger partial charge in [0.15, 0.2) is 0 Å². The minimum atomic E-state index is 0.283. The van der Waals surface area contributed by atoms with Gasteiger partial charge in [-0.25, -0.2) is 0 Å². The molecular weight excluding hydrogens is 256 g/mol. The van der Waals surface area contributed by atoms with Crippen LogP contribution in [0.3, 0.4) is 0 Å².